The van der Waals surface area contributed by atoms with Crippen molar-refractivity contribution in [3.63, 3.8) is 0 Å². The van der Waals surface area contributed by atoms with Gasteiger partial charge in [0.1, 0.15) is 6.04 Å². The number of carbonyl (C=O) groups excluding carboxylic acids is 2. The smallest absolute Gasteiger partial charge is 0.328 e. The number of amides is 1. The molecule has 0 unspecified atom stereocenters. The van der Waals surface area contributed by atoms with Gasteiger partial charge in [0.2, 0.25) is 15.9 Å². The van der Waals surface area contributed by atoms with Gasteiger partial charge < -0.3 is 10.1 Å². The van der Waals surface area contributed by atoms with Crippen LogP contribution in [0.4, 0.5) is 0 Å². The molecule has 0 aromatic heterocycles. The molecule has 0 saturated heterocycles. The van der Waals surface area contributed by atoms with E-state index in [1.807, 2.05) is 6.07 Å². The Hall–Kier alpha value is -2.44. The van der Waals surface area contributed by atoms with Gasteiger partial charge in [0.05, 0.1) is 30.2 Å². The average molecular weight is 367 g/mol. The van der Waals surface area contributed by atoms with Crippen LogP contribution in [0, 0.1) is 17.2 Å². The first-order valence-corrected chi connectivity index (χ1v) is 8.91. The fraction of sp³-hybridized carbons (Fsp3) is 0.438. The van der Waals surface area contributed by atoms with E-state index in [-0.39, 0.29) is 10.8 Å². The van der Waals surface area contributed by atoms with Gasteiger partial charge in [-0.1, -0.05) is 13.8 Å². The second-order valence-electron chi connectivity index (χ2n) is 5.71. The van der Waals surface area contributed by atoms with Crippen LogP contribution in [-0.4, -0.2) is 51.3 Å². The number of benzene rings is 1. The Morgan fingerprint density at radius 3 is 2.28 bits per heavy atom. The number of sulfonamides is 1. The van der Waals surface area contributed by atoms with Crippen molar-refractivity contribution >= 4 is 21.9 Å². The maximum Gasteiger partial charge on any atom is 0.328 e. The standard InChI is InChI=1S/C16H21N3O5S/c1-11(2)15(16(21)24-4)18-14(20)10-19(3)25(22,23)13-7-5-12(9-17)6-8-13/h5-8,11,15H,10H2,1-4H3,(H,18,20)/t15-/m0/s1. The molecular weight excluding hydrogens is 346 g/mol. The number of nitrogens with zero attached hydrogens (tertiary/aromatic N) is 2. The van der Waals surface area contributed by atoms with Crippen LogP contribution in [0.5, 0.6) is 0 Å². The third-order valence-corrected chi connectivity index (χ3v) is 5.31. The number of carbonyl (C=O) groups is 2. The third-order valence-electron chi connectivity index (χ3n) is 3.50. The van der Waals surface area contributed by atoms with Gasteiger partial charge in [-0.05, 0) is 30.2 Å². The SMILES string of the molecule is COC(=O)[C@@H](NC(=O)CN(C)S(=O)(=O)c1ccc(C#N)cc1)C(C)C. The molecule has 0 fully saturated rings. The Labute approximate surface area is 147 Å². The number of likely N-dealkylation sites (N-methyl/N-ethyl adjacent to an activating group) is 1. The molecule has 1 N–H and O–H groups in total. The molecule has 25 heavy (non-hydrogen) atoms. The first-order chi connectivity index (χ1) is 11.6. The maximum atomic E-state index is 12.4. The highest BCUT2D eigenvalue weighted by Gasteiger charge is 2.28. The zero-order chi connectivity index (χ0) is 19.2. The van der Waals surface area contributed by atoms with Crippen molar-refractivity contribution in [1.29, 1.82) is 5.26 Å². The van der Waals surface area contributed by atoms with Gasteiger partial charge in [0.25, 0.3) is 0 Å². The molecule has 1 aromatic carbocycles. The highest BCUT2D eigenvalue weighted by molar-refractivity contribution is 7.89. The van der Waals surface area contributed by atoms with Gasteiger partial charge in [-0.15, -0.1) is 0 Å². The fourth-order valence-electron chi connectivity index (χ4n) is 2.01. The number of esters is 1. The molecule has 136 valence electrons. The number of nitrogens with one attached hydrogen (secondary N) is 1. The lowest BCUT2D eigenvalue weighted by Crippen LogP contribution is -2.48. The molecule has 0 saturated carbocycles. The summed E-state index contributed by atoms with van der Waals surface area (Å²) >= 11 is 0. The molecule has 0 aliphatic rings. The van der Waals surface area contributed by atoms with Crippen LogP contribution >= 0.6 is 0 Å². The summed E-state index contributed by atoms with van der Waals surface area (Å²) in [6.45, 7) is 3.01. The summed E-state index contributed by atoms with van der Waals surface area (Å²) in [5.74, 6) is -1.43. The number of methoxy groups -OCH3 is 1. The Morgan fingerprint density at radius 2 is 1.84 bits per heavy atom. The largest absolute Gasteiger partial charge is 0.467 e. The van der Waals surface area contributed by atoms with Crippen molar-refractivity contribution in [1.82, 2.24) is 9.62 Å². The van der Waals surface area contributed by atoms with Crippen LogP contribution < -0.4 is 5.32 Å². The van der Waals surface area contributed by atoms with E-state index >= 15 is 0 Å². The Balaban J connectivity index is 2.85. The summed E-state index contributed by atoms with van der Waals surface area (Å²) in [7, 11) is -1.42. The predicted molar refractivity (Wildman–Crippen MR) is 89.8 cm³/mol. The lowest BCUT2D eigenvalue weighted by Gasteiger charge is -2.22. The molecule has 0 spiro atoms. The zero-order valence-corrected chi connectivity index (χ0v) is 15.3. The quantitative estimate of drug-likeness (QED) is 0.701. The first-order valence-electron chi connectivity index (χ1n) is 7.47. The fourth-order valence-corrected chi connectivity index (χ4v) is 3.14. The van der Waals surface area contributed by atoms with Crippen LogP contribution in [0.2, 0.25) is 0 Å². The van der Waals surface area contributed by atoms with Gasteiger partial charge in [-0.25, -0.2) is 13.2 Å². The normalized spacial score (nSPS) is 12.5. The minimum atomic E-state index is -3.89. The van der Waals surface area contributed by atoms with Crippen molar-refractivity contribution in [2.75, 3.05) is 20.7 Å². The lowest BCUT2D eigenvalue weighted by atomic mass is 10.0. The predicted octanol–water partition coefficient (Wildman–Crippen LogP) is 0.493. The van der Waals surface area contributed by atoms with Crippen LogP contribution in [0.3, 0.4) is 0 Å². The first kappa shape index (κ1) is 20.6. The Bertz CT molecular complexity index is 766. The van der Waals surface area contributed by atoms with Gasteiger partial charge in [-0.2, -0.15) is 9.57 Å². The van der Waals surface area contributed by atoms with E-state index in [9.17, 15) is 18.0 Å². The molecule has 1 aromatic rings. The monoisotopic (exact) mass is 367 g/mol. The van der Waals surface area contributed by atoms with E-state index in [1.54, 1.807) is 13.8 Å². The number of rotatable bonds is 7. The molecule has 1 amide bonds. The summed E-state index contributed by atoms with van der Waals surface area (Å²) in [5.41, 5.74) is 0.331. The molecule has 0 aliphatic heterocycles. The van der Waals surface area contributed by atoms with Crippen LogP contribution in [0.1, 0.15) is 19.4 Å². The molecule has 0 heterocycles. The highest BCUT2D eigenvalue weighted by Crippen LogP contribution is 2.15. The third kappa shape index (κ3) is 5.27. The average Bonchev–Trinajstić information content (AvgIpc) is 2.58. The van der Waals surface area contributed by atoms with Crippen molar-refractivity contribution in [3.8, 4) is 6.07 Å². The molecule has 1 atom stereocenters. The highest BCUT2D eigenvalue weighted by atomic mass is 32.2. The van der Waals surface area contributed by atoms with Crippen LogP contribution in [0.15, 0.2) is 29.2 Å². The second-order valence-corrected chi connectivity index (χ2v) is 7.75. The number of hydrogen-bond acceptors (Lipinski definition) is 6. The number of ether oxygens (including phenoxy) is 1. The second kappa shape index (κ2) is 8.60. The van der Waals surface area contributed by atoms with Gasteiger partial charge in [-0.3, -0.25) is 4.79 Å². The zero-order valence-electron chi connectivity index (χ0n) is 14.5. The molecule has 0 aliphatic carbocycles. The maximum absolute atomic E-state index is 12.4. The van der Waals surface area contributed by atoms with Crippen molar-refractivity contribution in [2.24, 2.45) is 5.92 Å². The van der Waals surface area contributed by atoms with E-state index in [1.165, 1.54) is 38.4 Å². The van der Waals surface area contributed by atoms with E-state index in [4.69, 9.17) is 5.26 Å². The summed E-state index contributed by atoms with van der Waals surface area (Å²) in [5, 5.41) is 11.2. The topological polar surface area (TPSA) is 117 Å². The molecule has 8 nitrogen and oxygen atoms in total. The van der Waals surface area contributed by atoms with Gasteiger partial charge >= 0.3 is 5.97 Å². The number of nitriles is 1. The number of hydrogen-bond donors (Lipinski definition) is 1. The van der Waals surface area contributed by atoms with Crippen molar-refractivity contribution < 1.29 is 22.7 Å². The molecule has 9 heteroatoms. The summed E-state index contributed by atoms with van der Waals surface area (Å²) in [6, 6.07) is 6.40. The van der Waals surface area contributed by atoms with E-state index in [0.29, 0.717) is 5.56 Å². The molecule has 0 radical (unpaired) electrons. The van der Waals surface area contributed by atoms with Crippen molar-refractivity contribution in [2.45, 2.75) is 24.8 Å². The summed E-state index contributed by atoms with van der Waals surface area (Å²) in [4.78, 5) is 23.7. The van der Waals surface area contributed by atoms with E-state index in [2.05, 4.69) is 10.1 Å². The minimum Gasteiger partial charge on any atom is -0.467 e. The minimum absolute atomic E-state index is 0.0322. The molecule has 0 bridgehead atoms. The molecular formula is C16H21N3O5S. The van der Waals surface area contributed by atoms with Crippen molar-refractivity contribution in [3.05, 3.63) is 29.8 Å². The lowest BCUT2D eigenvalue weighted by molar-refractivity contribution is -0.146. The van der Waals surface area contributed by atoms with Crippen LogP contribution in [0.25, 0.3) is 0 Å². The van der Waals surface area contributed by atoms with E-state index in [0.717, 1.165) is 4.31 Å². The molecule has 1 rings (SSSR count). The van der Waals surface area contributed by atoms with E-state index < -0.39 is 34.5 Å². The summed E-state index contributed by atoms with van der Waals surface area (Å²) < 4.78 is 30.4. The Kier molecular flexibility index (Phi) is 7.09. The van der Waals surface area contributed by atoms with Crippen LogP contribution in [-0.2, 0) is 24.3 Å². The van der Waals surface area contributed by atoms with Gasteiger partial charge in [0, 0.05) is 7.05 Å². The Morgan fingerprint density at radius 1 is 1.28 bits per heavy atom. The van der Waals surface area contributed by atoms with Gasteiger partial charge in [0.15, 0.2) is 0 Å². The summed E-state index contributed by atoms with van der Waals surface area (Å²) in [6.07, 6.45) is 0.